The Balaban J connectivity index is 1.37. The first-order valence-electron chi connectivity index (χ1n) is 10.3. The van der Waals surface area contributed by atoms with E-state index in [0.717, 1.165) is 17.9 Å². The van der Waals surface area contributed by atoms with Crippen molar-refractivity contribution in [3.63, 3.8) is 0 Å². The molecule has 0 bridgehead atoms. The molecule has 0 radical (unpaired) electrons. The molecule has 0 saturated carbocycles. The van der Waals surface area contributed by atoms with Crippen LogP contribution in [-0.4, -0.2) is 56.1 Å². The first-order valence-corrected chi connectivity index (χ1v) is 10.3. The number of piperidine rings is 2. The molecule has 2 aromatic rings. The minimum atomic E-state index is -0.159. The molecule has 3 aliphatic heterocycles. The predicted molar refractivity (Wildman–Crippen MR) is 105 cm³/mol. The molecule has 2 fully saturated rings. The molecule has 8 nitrogen and oxygen atoms in total. The summed E-state index contributed by atoms with van der Waals surface area (Å²) in [5.74, 6) is 1.53. The average Bonchev–Trinajstić information content (AvgIpc) is 3.05. The van der Waals surface area contributed by atoms with Gasteiger partial charge < -0.3 is 24.8 Å². The van der Waals surface area contributed by atoms with Gasteiger partial charge in [0.15, 0.2) is 0 Å². The van der Waals surface area contributed by atoms with E-state index < -0.39 is 0 Å². The maximum atomic E-state index is 12.9. The number of hydrogen-bond acceptors (Lipinski definition) is 6. The Labute approximate surface area is 163 Å². The topological polar surface area (TPSA) is 87.9 Å². The molecule has 4 heterocycles. The summed E-state index contributed by atoms with van der Waals surface area (Å²) < 4.78 is 1.93. The van der Waals surface area contributed by atoms with Crippen LogP contribution in [0.1, 0.15) is 37.9 Å². The summed E-state index contributed by atoms with van der Waals surface area (Å²) in [5, 5.41) is 20.1. The third kappa shape index (κ3) is 3.05. The lowest BCUT2D eigenvalue weighted by atomic mass is 9.83. The zero-order chi connectivity index (χ0) is 19.3. The van der Waals surface area contributed by atoms with E-state index in [1.165, 1.54) is 45.2 Å². The number of hydrogen-bond donors (Lipinski definition) is 1. The fourth-order valence-corrected chi connectivity index (χ4v) is 5.32. The number of benzene rings is 1. The molecule has 0 unspecified atom stereocenters. The molecular formula is C20H26N5O3-. The van der Waals surface area contributed by atoms with E-state index in [-0.39, 0.29) is 23.4 Å². The molecule has 2 saturated heterocycles. The molecule has 1 aromatic heterocycles. The number of anilines is 1. The number of nitrogens with zero attached hydrogens (tertiary/aromatic N) is 5. The van der Waals surface area contributed by atoms with E-state index in [1.807, 2.05) is 9.47 Å². The third-order valence-electron chi connectivity index (χ3n) is 6.69. The second kappa shape index (κ2) is 7.02. The smallest absolute Gasteiger partial charge is 0.242 e. The molecule has 0 spiro atoms. The number of carbonyl (C=O) groups is 1. The van der Waals surface area contributed by atoms with Crippen LogP contribution in [0.25, 0.3) is 11.0 Å². The SMILES string of the molecule is O=C1Cn2c(nc3cc(N([O-])O)ccc32)CN1C[C@@H]1CCCN2CCCC[C@H]12. The highest BCUT2D eigenvalue weighted by atomic mass is 16.8. The lowest BCUT2D eigenvalue weighted by molar-refractivity contribution is -0.135. The monoisotopic (exact) mass is 384 g/mol. The predicted octanol–water partition coefficient (Wildman–Crippen LogP) is 2.34. The summed E-state index contributed by atoms with van der Waals surface area (Å²) >= 11 is 0. The number of carbonyl (C=O) groups excluding carboxylic acids is 1. The molecule has 1 N–H and O–H groups in total. The Morgan fingerprint density at radius 2 is 2.04 bits per heavy atom. The number of rotatable bonds is 3. The second-order valence-corrected chi connectivity index (χ2v) is 8.34. The first kappa shape index (κ1) is 17.9. The van der Waals surface area contributed by atoms with Gasteiger partial charge in [-0.1, -0.05) is 6.42 Å². The zero-order valence-electron chi connectivity index (χ0n) is 16.0. The lowest BCUT2D eigenvalue weighted by Crippen LogP contribution is -2.52. The number of imidazole rings is 1. The third-order valence-corrected chi connectivity index (χ3v) is 6.69. The number of fused-ring (bicyclic) bond motifs is 4. The van der Waals surface area contributed by atoms with Crippen molar-refractivity contribution < 1.29 is 10.0 Å². The van der Waals surface area contributed by atoms with Crippen LogP contribution in [-0.2, 0) is 17.9 Å². The van der Waals surface area contributed by atoms with Crippen LogP contribution in [0.2, 0.25) is 0 Å². The van der Waals surface area contributed by atoms with Crippen LogP contribution in [0.3, 0.4) is 0 Å². The van der Waals surface area contributed by atoms with Gasteiger partial charge in [0, 0.05) is 12.6 Å². The summed E-state index contributed by atoms with van der Waals surface area (Å²) in [6.45, 7) is 4.00. The van der Waals surface area contributed by atoms with E-state index in [0.29, 0.717) is 24.0 Å². The van der Waals surface area contributed by atoms with E-state index in [9.17, 15) is 10.0 Å². The van der Waals surface area contributed by atoms with Crippen molar-refractivity contribution in [1.29, 1.82) is 0 Å². The zero-order valence-corrected chi connectivity index (χ0v) is 16.0. The van der Waals surface area contributed by atoms with Gasteiger partial charge in [0.25, 0.3) is 0 Å². The summed E-state index contributed by atoms with van der Waals surface area (Å²) in [4.78, 5) is 22.1. The Morgan fingerprint density at radius 3 is 2.89 bits per heavy atom. The fourth-order valence-electron chi connectivity index (χ4n) is 5.32. The van der Waals surface area contributed by atoms with Crippen LogP contribution in [0.15, 0.2) is 18.2 Å². The van der Waals surface area contributed by atoms with Crippen LogP contribution in [0, 0.1) is 11.1 Å². The highest BCUT2D eigenvalue weighted by molar-refractivity contribution is 5.84. The largest absolute Gasteiger partial charge is 0.733 e. The Morgan fingerprint density at radius 1 is 1.18 bits per heavy atom. The van der Waals surface area contributed by atoms with E-state index in [1.54, 1.807) is 18.2 Å². The molecule has 28 heavy (non-hydrogen) atoms. The summed E-state index contributed by atoms with van der Waals surface area (Å²) in [6, 6.07) is 5.46. The van der Waals surface area contributed by atoms with Crippen molar-refractivity contribution in [2.75, 3.05) is 24.9 Å². The van der Waals surface area contributed by atoms with Crippen molar-refractivity contribution in [3.8, 4) is 0 Å². The highest BCUT2D eigenvalue weighted by Gasteiger charge is 2.36. The minimum absolute atomic E-state index is 0.136. The van der Waals surface area contributed by atoms with Crippen LogP contribution in [0.4, 0.5) is 5.69 Å². The molecule has 1 aromatic carbocycles. The van der Waals surface area contributed by atoms with Gasteiger partial charge in [0.1, 0.15) is 12.4 Å². The summed E-state index contributed by atoms with van der Waals surface area (Å²) in [5.41, 5.74) is 1.60. The van der Waals surface area contributed by atoms with Gasteiger partial charge in [-0.2, -0.15) is 0 Å². The van der Waals surface area contributed by atoms with Gasteiger partial charge >= 0.3 is 0 Å². The van der Waals surface area contributed by atoms with Gasteiger partial charge in [-0.3, -0.25) is 10.0 Å². The van der Waals surface area contributed by atoms with E-state index >= 15 is 0 Å². The molecule has 1 amide bonds. The molecule has 5 rings (SSSR count). The van der Waals surface area contributed by atoms with Gasteiger partial charge in [0.2, 0.25) is 5.91 Å². The minimum Gasteiger partial charge on any atom is -0.733 e. The van der Waals surface area contributed by atoms with Crippen molar-refractivity contribution in [1.82, 2.24) is 19.4 Å². The van der Waals surface area contributed by atoms with Gasteiger partial charge in [-0.05, 0) is 62.9 Å². The van der Waals surface area contributed by atoms with Crippen molar-refractivity contribution >= 4 is 22.6 Å². The van der Waals surface area contributed by atoms with Crippen molar-refractivity contribution in [2.45, 2.75) is 51.2 Å². The lowest BCUT2D eigenvalue weighted by Gasteiger charge is -2.46. The van der Waals surface area contributed by atoms with Crippen molar-refractivity contribution in [2.24, 2.45) is 5.92 Å². The normalized spacial score (nSPS) is 25.6. The summed E-state index contributed by atoms with van der Waals surface area (Å²) in [7, 11) is 0. The standard InChI is InChI=1S/C20H26N5O3/c26-20-13-24-18-7-6-15(25(27)28)10-16(18)21-19(24)12-23(20)11-14-4-3-9-22-8-2-1-5-17(14)22/h6-7,10,14,17,27H,1-5,8-9,11-13H2/q-1/t14-,17+/m0/s1. The molecular weight excluding hydrogens is 358 g/mol. The molecule has 150 valence electrons. The molecule has 0 aliphatic carbocycles. The van der Waals surface area contributed by atoms with Crippen LogP contribution < -0.4 is 5.23 Å². The average molecular weight is 384 g/mol. The summed E-state index contributed by atoms with van der Waals surface area (Å²) in [6.07, 6.45) is 6.26. The Bertz CT molecular complexity index is 893. The number of amides is 1. The maximum Gasteiger partial charge on any atom is 0.242 e. The Hall–Kier alpha value is -2.16. The molecule has 3 aliphatic rings. The van der Waals surface area contributed by atoms with Gasteiger partial charge in [-0.15, -0.1) is 0 Å². The first-order chi connectivity index (χ1) is 13.6. The quantitative estimate of drug-likeness (QED) is 0.818. The van der Waals surface area contributed by atoms with E-state index in [4.69, 9.17) is 5.21 Å². The van der Waals surface area contributed by atoms with Crippen LogP contribution in [0.5, 0.6) is 0 Å². The fraction of sp³-hybridized carbons (Fsp3) is 0.600. The Kier molecular flexibility index (Phi) is 4.49. The molecule has 8 heteroatoms. The highest BCUT2D eigenvalue weighted by Crippen LogP contribution is 2.33. The number of aromatic nitrogens is 2. The van der Waals surface area contributed by atoms with Crippen LogP contribution >= 0.6 is 0 Å². The van der Waals surface area contributed by atoms with Crippen molar-refractivity contribution in [3.05, 3.63) is 29.2 Å². The maximum absolute atomic E-state index is 12.9. The van der Waals surface area contributed by atoms with E-state index in [2.05, 4.69) is 9.88 Å². The molecule has 2 atom stereocenters. The van der Waals surface area contributed by atoms with Gasteiger partial charge in [-0.25, -0.2) is 4.98 Å². The van der Waals surface area contributed by atoms with Gasteiger partial charge in [0.05, 0.1) is 23.3 Å². The second-order valence-electron chi connectivity index (χ2n) is 8.34.